The van der Waals surface area contributed by atoms with Gasteiger partial charge in [-0.15, -0.1) is 0 Å². The van der Waals surface area contributed by atoms with Crippen LogP contribution in [0.1, 0.15) is 21.5 Å². The van der Waals surface area contributed by atoms with Crippen LogP contribution >= 0.6 is 0 Å². The number of aromatic nitrogens is 3. The van der Waals surface area contributed by atoms with Crippen LogP contribution in [0, 0.1) is 13.8 Å². The van der Waals surface area contributed by atoms with Crippen molar-refractivity contribution < 1.29 is 9.53 Å². The molecule has 3 aromatic carbocycles. The number of carbonyl (C=O) groups excluding carboxylic acids is 1. The second kappa shape index (κ2) is 9.78. The smallest absolute Gasteiger partial charge is 0.337 e. The number of hydrogen-bond acceptors (Lipinski definition) is 8. The summed E-state index contributed by atoms with van der Waals surface area (Å²) in [6, 6.07) is 22.8. The van der Waals surface area contributed by atoms with Gasteiger partial charge in [0, 0.05) is 17.1 Å². The summed E-state index contributed by atoms with van der Waals surface area (Å²) in [7, 11) is 1.35. The van der Waals surface area contributed by atoms with Crippen LogP contribution in [0.4, 0.5) is 34.9 Å². The third-order valence-electron chi connectivity index (χ3n) is 4.72. The molecule has 1 aromatic heterocycles. The van der Waals surface area contributed by atoms with E-state index in [2.05, 4.69) is 30.9 Å². The number of carbonyl (C=O) groups is 1. The number of methoxy groups -OCH3 is 1. The first-order chi connectivity index (χ1) is 16.0. The zero-order valence-corrected chi connectivity index (χ0v) is 18.6. The Kier molecular flexibility index (Phi) is 6.45. The topological polar surface area (TPSA) is 101 Å². The molecule has 0 saturated carbocycles. The molecule has 0 spiro atoms. The van der Waals surface area contributed by atoms with Crippen LogP contribution in [0.3, 0.4) is 0 Å². The zero-order chi connectivity index (χ0) is 23.2. The van der Waals surface area contributed by atoms with Crippen LogP contribution < -0.4 is 16.0 Å². The molecule has 0 radical (unpaired) electrons. The van der Waals surface area contributed by atoms with Crippen molar-refractivity contribution in [2.75, 3.05) is 23.1 Å². The molecule has 4 aromatic rings. The summed E-state index contributed by atoms with van der Waals surface area (Å²) in [6.45, 7) is 4.04. The quantitative estimate of drug-likeness (QED) is 0.324. The van der Waals surface area contributed by atoms with E-state index in [1.54, 1.807) is 18.2 Å². The van der Waals surface area contributed by atoms with E-state index in [4.69, 9.17) is 4.74 Å². The normalized spacial score (nSPS) is 10.4. The lowest BCUT2D eigenvalue weighted by Gasteiger charge is -2.12. The van der Waals surface area contributed by atoms with Crippen LogP contribution in [-0.2, 0) is 4.74 Å². The molecule has 0 unspecified atom stereocenters. The average molecular weight is 441 g/mol. The number of ether oxygens (including phenoxy) is 1. The lowest BCUT2D eigenvalue weighted by molar-refractivity contribution is 0.0601. The van der Waals surface area contributed by atoms with E-state index in [1.165, 1.54) is 7.11 Å². The van der Waals surface area contributed by atoms with Gasteiger partial charge in [-0.25, -0.2) is 4.79 Å². The highest BCUT2D eigenvalue weighted by molar-refractivity contribution is 5.90. The molecule has 8 heteroatoms. The van der Waals surface area contributed by atoms with Gasteiger partial charge in [0.1, 0.15) is 0 Å². The Hall–Kier alpha value is -4.46. The van der Waals surface area contributed by atoms with Gasteiger partial charge in [0.25, 0.3) is 0 Å². The summed E-state index contributed by atoms with van der Waals surface area (Å²) in [5.74, 6) is 0.643. The molecule has 0 aliphatic heterocycles. The first-order valence-electron chi connectivity index (χ1n) is 10.4. The van der Waals surface area contributed by atoms with Crippen molar-refractivity contribution >= 4 is 40.9 Å². The molecular formula is C25H24N6O2. The highest BCUT2D eigenvalue weighted by Gasteiger charge is 2.10. The first-order valence-corrected chi connectivity index (χ1v) is 10.4. The summed E-state index contributed by atoms with van der Waals surface area (Å²) in [4.78, 5) is 25.4. The summed E-state index contributed by atoms with van der Waals surface area (Å²) in [5.41, 5.74) is 5.03. The largest absolute Gasteiger partial charge is 0.465 e. The predicted molar refractivity (Wildman–Crippen MR) is 130 cm³/mol. The molecule has 1 heterocycles. The Morgan fingerprint density at radius 2 is 1.09 bits per heavy atom. The number of aryl methyl sites for hydroxylation is 2. The van der Waals surface area contributed by atoms with E-state index < -0.39 is 5.97 Å². The lowest BCUT2D eigenvalue weighted by Crippen LogP contribution is -2.08. The summed E-state index contributed by atoms with van der Waals surface area (Å²) in [5, 5.41) is 9.61. The number of nitrogens with zero attached hydrogens (tertiary/aromatic N) is 3. The van der Waals surface area contributed by atoms with Crippen LogP contribution in [0.5, 0.6) is 0 Å². The van der Waals surface area contributed by atoms with Crippen molar-refractivity contribution in [3.05, 3.63) is 89.5 Å². The van der Waals surface area contributed by atoms with E-state index in [-0.39, 0.29) is 0 Å². The number of esters is 1. The maximum atomic E-state index is 11.9. The summed E-state index contributed by atoms with van der Waals surface area (Å²) < 4.78 is 4.80. The van der Waals surface area contributed by atoms with Gasteiger partial charge in [0.15, 0.2) is 0 Å². The number of benzene rings is 3. The first kappa shape index (κ1) is 21.8. The van der Waals surface area contributed by atoms with Crippen molar-refractivity contribution in [3.63, 3.8) is 0 Å². The van der Waals surface area contributed by atoms with Crippen molar-refractivity contribution in [1.29, 1.82) is 0 Å². The highest BCUT2D eigenvalue weighted by atomic mass is 16.5. The molecule has 0 fully saturated rings. The molecule has 0 amide bonds. The third-order valence-corrected chi connectivity index (χ3v) is 4.72. The minimum Gasteiger partial charge on any atom is -0.465 e. The van der Waals surface area contributed by atoms with Gasteiger partial charge in [0.2, 0.25) is 17.8 Å². The molecule has 0 aliphatic carbocycles. The van der Waals surface area contributed by atoms with Gasteiger partial charge in [0.05, 0.1) is 12.7 Å². The van der Waals surface area contributed by atoms with Gasteiger partial charge in [-0.05, 0) is 67.4 Å². The summed E-state index contributed by atoms with van der Waals surface area (Å²) >= 11 is 0. The molecule has 166 valence electrons. The molecule has 33 heavy (non-hydrogen) atoms. The van der Waals surface area contributed by atoms with Crippen molar-refractivity contribution in [2.45, 2.75) is 13.8 Å². The SMILES string of the molecule is COC(=O)c1cccc(Nc2nc(Nc3cccc(C)c3)nc(Nc3cccc(C)c3)n2)c1. The van der Waals surface area contributed by atoms with Crippen LogP contribution in [0.25, 0.3) is 0 Å². The monoisotopic (exact) mass is 440 g/mol. The molecule has 0 aliphatic rings. The van der Waals surface area contributed by atoms with E-state index in [9.17, 15) is 4.79 Å². The Morgan fingerprint density at radius 3 is 1.52 bits per heavy atom. The number of anilines is 6. The molecule has 0 saturated heterocycles. The van der Waals surface area contributed by atoms with Crippen LogP contribution in [0.15, 0.2) is 72.8 Å². The van der Waals surface area contributed by atoms with Crippen molar-refractivity contribution in [3.8, 4) is 0 Å². The third kappa shape index (κ3) is 5.82. The second-order valence-electron chi connectivity index (χ2n) is 7.49. The molecular weight excluding hydrogens is 416 g/mol. The van der Waals surface area contributed by atoms with E-state index in [0.717, 1.165) is 22.5 Å². The molecule has 3 N–H and O–H groups in total. The Balaban J connectivity index is 1.66. The fraction of sp³-hybridized carbons (Fsp3) is 0.120. The van der Waals surface area contributed by atoms with Crippen molar-refractivity contribution in [1.82, 2.24) is 15.0 Å². The van der Waals surface area contributed by atoms with E-state index in [1.807, 2.05) is 68.4 Å². The summed E-state index contributed by atoms with van der Waals surface area (Å²) in [6.07, 6.45) is 0. The second-order valence-corrected chi connectivity index (χ2v) is 7.49. The zero-order valence-electron chi connectivity index (χ0n) is 18.6. The van der Waals surface area contributed by atoms with E-state index >= 15 is 0 Å². The number of rotatable bonds is 7. The fourth-order valence-corrected chi connectivity index (χ4v) is 3.22. The maximum Gasteiger partial charge on any atom is 0.337 e. The standard InChI is InChI=1S/C25H24N6O2/c1-16-7-4-10-19(13-16)26-23-29-24(27-20-11-5-8-17(2)14-20)31-25(30-23)28-21-12-6-9-18(15-21)22(32)33-3/h4-15H,1-3H3,(H3,26,27,28,29,30,31). The predicted octanol–water partition coefficient (Wildman–Crippen LogP) is 5.51. The van der Waals surface area contributed by atoms with Crippen LogP contribution in [0.2, 0.25) is 0 Å². The minimum absolute atomic E-state index is 0.317. The van der Waals surface area contributed by atoms with Gasteiger partial charge < -0.3 is 20.7 Å². The molecule has 0 bridgehead atoms. The molecule has 0 atom stereocenters. The van der Waals surface area contributed by atoms with Gasteiger partial charge in [-0.2, -0.15) is 15.0 Å². The van der Waals surface area contributed by atoms with Gasteiger partial charge in [-0.3, -0.25) is 0 Å². The van der Waals surface area contributed by atoms with Crippen molar-refractivity contribution in [2.24, 2.45) is 0 Å². The molecule has 4 rings (SSSR count). The van der Waals surface area contributed by atoms with E-state index in [0.29, 0.717) is 29.1 Å². The number of hydrogen-bond donors (Lipinski definition) is 3. The lowest BCUT2D eigenvalue weighted by atomic mass is 10.2. The number of nitrogens with one attached hydrogen (secondary N) is 3. The Labute approximate surface area is 192 Å². The van der Waals surface area contributed by atoms with Crippen LogP contribution in [-0.4, -0.2) is 28.0 Å². The Bertz CT molecular complexity index is 1230. The van der Waals surface area contributed by atoms with Gasteiger partial charge >= 0.3 is 5.97 Å². The van der Waals surface area contributed by atoms with Gasteiger partial charge in [-0.1, -0.05) is 30.3 Å². The highest BCUT2D eigenvalue weighted by Crippen LogP contribution is 2.22. The average Bonchev–Trinajstić information content (AvgIpc) is 2.78. The fourth-order valence-electron chi connectivity index (χ4n) is 3.22. The maximum absolute atomic E-state index is 11.9. The Morgan fingerprint density at radius 1 is 0.667 bits per heavy atom. The molecule has 8 nitrogen and oxygen atoms in total. The minimum atomic E-state index is -0.419.